The minimum absolute atomic E-state index is 0.204. The minimum atomic E-state index is -0.589. The molecule has 186 valence electrons. The zero-order valence-electron chi connectivity index (χ0n) is 20.5. The Kier molecular flexibility index (Phi) is 8.62. The molecule has 0 saturated carbocycles. The van der Waals surface area contributed by atoms with Crippen molar-refractivity contribution in [1.29, 1.82) is 0 Å². The van der Waals surface area contributed by atoms with Gasteiger partial charge in [0.25, 0.3) is 5.56 Å². The number of nitrogens with two attached hydrogens (primary N) is 1. The summed E-state index contributed by atoms with van der Waals surface area (Å²) in [5.74, 6) is -0.589. The Labute approximate surface area is 210 Å². The van der Waals surface area contributed by atoms with E-state index in [0.717, 1.165) is 50.1 Å². The molecule has 7 nitrogen and oxygen atoms in total. The van der Waals surface area contributed by atoms with Crippen molar-refractivity contribution in [3.63, 3.8) is 0 Å². The van der Waals surface area contributed by atoms with Gasteiger partial charge in [-0.1, -0.05) is 24.3 Å². The van der Waals surface area contributed by atoms with Gasteiger partial charge in [0.05, 0.1) is 17.7 Å². The molecule has 0 bridgehead atoms. The van der Waals surface area contributed by atoms with Crippen LogP contribution in [0.5, 0.6) is 0 Å². The number of primary amides is 1. The van der Waals surface area contributed by atoms with Crippen molar-refractivity contribution in [3.05, 3.63) is 75.6 Å². The number of thioether (sulfide) groups is 1. The van der Waals surface area contributed by atoms with Gasteiger partial charge in [0, 0.05) is 49.1 Å². The fraction of sp³-hybridized carbons (Fsp3) is 0.407. The van der Waals surface area contributed by atoms with Gasteiger partial charge < -0.3 is 25.3 Å². The van der Waals surface area contributed by atoms with Gasteiger partial charge in [0.15, 0.2) is 0 Å². The molecule has 1 fully saturated rings. The average molecular weight is 495 g/mol. The zero-order valence-corrected chi connectivity index (χ0v) is 21.3. The Morgan fingerprint density at radius 1 is 1.09 bits per heavy atom. The van der Waals surface area contributed by atoms with E-state index < -0.39 is 5.91 Å². The molecule has 2 aromatic carbocycles. The summed E-state index contributed by atoms with van der Waals surface area (Å²) in [5, 5.41) is 4.39. The van der Waals surface area contributed by atoms with E-state index in [-0.39, 0.29) is 11.1 Å². The highest BCUT2D eigenvalue weighted by Gasteiger charge is 2.20. The van der Waals surface area contributed by atoms with E-state index in [1.165, 1.54) is 16.5 Å². The summed E-state index contributed by atoms with van der Waals surface area (Å²) in [6.07, 6.45) is 4.25. The zero-order chi connectivity index (χ0) is 24.8. The highest BCUT2D eigenvalue weighted by Crippen LogP contribution is 2.20. The second-order valence-corrected chi connectivity index (χ2v) is 9.92. The molecule has 35 heavy (non-hydrogen) atoms. The van der Waals surface area contributed by atoms with Crippen molar-refractivity contribution in [2.24, 2.45) is 5.73 Å². The van der Waals surface area contributed by atoms with Gasteiger partial charge in [-0.05, 0) is 61.5 Å². The van der Waals surface area contributed by atoms with Crippen molar-refractivity contribution in [2.75, 3.05) is 33.0 Å². The highest BCUT2D eigenvalue weighted by atomic mass is 32.2. The minimum Gasteiger partial charge on any atom is -0.380 e. The molecular weight excluding hydrogens is 460 g/mol. The number of likely N-dealkylation sites (tertiary alicyclic amines) is 1. The normalized spacial score (nSPS) is 15.0. The Balaban J connectivity index is 1.37. The number of methoxy groups -OCH3 is 1. The maximum Gasteiger partial charge on any atom is 0.251 e. The van der Waals surface area contributed by atoms with Gasteiger partial charge >= 0.3 is 0 Å². The number of nitrogens with zero attached hydrogens (tertiary/aromatic N) is 2. The van der Waals surface area contributed by atoms with E-state index >= 15 is 0 Å². The predicted molar refractivity (Wildman–Crippen MR) is 142 cm³/mol. The van der Waals surface area contributed by atoms with Crippen molar-refractivity contribution < 1.29 is 9.53 Å². The molecule has 1 amide bonds. The highest BCUT2D eigenvalue weighted by molar-refractivity contribution is 7.98. The van der Waals surface area contributed by atoms with Crippen LogP contribution in [0.4, 0.5) is 0 Å². The Hall–Kier alpha value is -2.65. The number of carbonyl (C=O) groups excluding carboxylic acids is 1. The average Bonchev–Trinajstić information content (AvgIpc) is 2.87. The van der Waals surface area contributed by atoms with E-state index in [1.807, 2.05) is 18.2 Å². The number of pyridine rings is 1. The summed E-state index contributed by atoms with van der Waals surface area (Å²) in [6, 6.07) is 16.3. The molecule has 8 heteroatoms. The van der Waals surface area contributed by atoms with Crippen molar-refractivity contribution in [2.45, 2.75) is 43.5 Å². The topological polar surface area (TPSA) is 89.6 Å². The summed E-state index contributed by atoms with van der Waals surface area (Å²) in [6.45, 7) is 4.64. The molecule has 3 aromatic rings. The van der Waals surface area contributed by atoms with Crippen LogP contribution in [0.1, 0.15) is 34.3 Å². The standard InChI is InChI=1S/C27H34N4O3S/c1-34-18-20-5-8-23-24(27(28)33)16-26(32)31(25(23)15-20)14-13-30-11-9-21(10-12-30)29-17-19-3-6-22(35-2)7-4-19/h3-8,15-16,21,29H,9-14,17-18H2,1-2H3,(H2,28,33). The van der Waals surface area contributed by atoms with Crippen LogP contribution in [0.3, 0.4) is 0 Å². The second-order valence-electron chi connectivity index (χ2n) is 9.04. The summed E-state index contributed by atoms with van der Waals surface area (Å²) in [7, 11) is 1.64. The number of amides is 1. The number of benzene rings is 2. The molecule has 0 spiro atoms. The summed E-state index contributed by atoms with van der Waals surface area (Å²) in [5.41, 5.74) is 8.59. The fourth-order valence-corrected chi connectivity index (χ4v) is 5.13. The molecule has 0 radical (unpaired) electrons. The van der Waals surface area contributed by atoms with Crippen molar-refractivity contribution >= 4 is 28.6 Å². The molecule has 1 aliphatic heterocycles. The first-order valence-corrected chi connectivity index (χ1v) is 13.2. The maximum atomic E-state index is 12.9. The molecule has 1 aromatic heterocycles. The van der Waals surface area contributed by atoms with E-state index in [0.29, 0.717) is 24.6 Å². The quantitative estimate of drug-likeness (QED) is 0.421. The molecule has 0 unspecified atom stereocenters. The largest absolute Gasteiger partial charge is 0.380 e. The molecule has 0 atom stereocenters. The van der Waals surface area contributed by atoms with Crippen molar-refractivity contribution in [3.8, 4) is 0 Å². The van der Waals surface area contributed by atoms with E-state index in [4.69, 9.17) is 10.5 Å². The number of nitrogens with one attached hydrogen (secondary N) is 1. The number of aromatic nitrogens is 1. The monoisotopic (exact) mass is 494 g/mol. The number of hydrogen-bond acceptors (Lipinski definition) is 6. The third-order valence-electron chi connectivity index (χ3n) is 6.73. The lowest BCUT2D eigenvalue weighted by molar-refractivity contribution is 0.100. The first-order chi connectivity index (χ1) is 17.0. The van der Waals surface area contributed by atoms with Crippen LogP contribution in [0.2, 0.25) is 0 Å². The van der Waals surface area contributed by atoms with Gasteiger partial charge in [-0.15, -0.1) is 11.8 Å². The second kappa shape index (κ2) is 11.9. The van der Waals surface area contributed by atoms with Crippen LogP contribution in [-0.2, 0) is 24.4 Å². The number of piperidine rings is 1. The molecular formula is C27H34N4O3S. The summed E-state index contributed by atoms with van der Waals surface area (Å²) >= 11 is 1.76. The molecule has 2 heterocycles. The fourth-order valence-electron chi connectivity index (χ4n) is 4.72. The van der Waals surface area contributed by atoms with Gasteiger partial charge in [0.2, 0.25) is 5.91 Å². The smallest absolute Gasteiger partial charge is 0.251 e. The third-order valence-corrected chi connectivity index (χ3v) is 7.48. The molecule has 0 aliphatic carbocycles. The van der Waals surface area contributed by atoms with Gasteiger partial charge in [-0.25, -0.2) is 0 Å². The van der Waals surface area contributed by atoms with Crippen molar-refractivity contribution in [1.82, 2.24) is 14.8 Å². The van der Waals surface area contributed by atoms with Gasteiger partial charge in [-0.2, -0.15) is 0 Å². The third kappa shape index (κ3) is 6.32. The number of carbonyl (C=O) groups is 1. The number of ether oxygens (including phenoxy) is 1. The van der Waals surface area contributed by atoms with Crippen LogP contribution < -0.4 is 16.6 Å². The molecule has 1 saturated heterocycles. The summed E-state index contributed by atoms with van der Waals surface area (Å²) in [4.78, 5) is 28.5. The molecule has 1 aliphatic rings. The lowest BCUT2D eigenvalue weighted by Gasteiger charge is -2.32. The number of hydrogen-bond donors (Lipinski definition) is 2. The Bertz CT molecular complexity index is 1220. The lowest BCUT2D eigenvalue weighted by atomic mass is 10.0. The first kappa shape index (κ1) is 25.4. The van der Waals surface area contributed by atoms with Crippen LogP contribution in [0.25, 0.3) is 10.9 Å². The van der Waals surface area contributed by atoms with E-state index in [1.54, 1.807) is 23.4 Å². The van der Waals surface area contributed by atoms with Crippen LogP contribution >= 0.6 is 11.8 Å². The Morgan fingerprint density at radius 2 is 1.80 bits per heavy atom. The van der Waals surface area contributed by atoms with Gasteiger partial charge in [-0.3, -0.25) is 9.59 Å². The number of fused-ring (bicyclic) bond motifs is 1. The lowest BCUT2D eigenvalue weighted by Crippen LogP contribution is -2.43. The first-order valence-electron chi connectivity index (χ1n) is 12.0. The van der Waals surface area contributed by atoms with E-state index in [2.05, 4.69) is 40.7 Å². The number of rotatable bonds is 10. The van der Waals surface area contributed by atoms with Crippen LogP contribution in [0, 0.1) is 0 Å². The van der Waals surface area contributed by atoms with Crippen LogP contribution in [-0.4, -0.2) is 54.4 Å². The van der Waals surface area contributed by atoms with Gasteiger partial charge in [0.1, 0.15) is 0 Å². The predicted octanol–water partition coefficient (Wildman–Crippen LogP) is 3.22. The molecule has 3 N–H and O–H groups in total. The molecule has 4 rings (SSSR count). The summed E-state index contributed by atoms with van der Waals surface area (Å²) < 4.78 is 7.01. The maximum absolute atomic E-state index is 12.9. The Morgan fingerprint density at radius 3 is 2.46 bits per heavy atom. The van der Waals surface area contributed by atoms with E-state index in [9.17, 15) is 9.59 Å². The van der Waals surface area contributed by atoms with Crippen LogP contribution in [0.15, 0.2) is 58.2 Å². The SMILES string of the molecule is COCc1ccc2c(C(N)=O)cc(=O)n(CCN3CCC(NCc4ccc(SC)cc4)CC3)c2c1.